The smallest absolute Gasteiger partial charge is 0.122 e. The van der Waals surface area contributed by atoms with E-state index in [4.69, 9.17) is 18.0 Å². The predicted octanol–water partition coefficient (Wildman–Crippen LogP) is 1.85. The fourth-order valence-corrected chi connectivity index (χ4v) is 3.64. The van der Waals surface area contributed by atoms with Crippen LogP contribution < -0.4 is 10.6 Å². The molecule has 2 atom stereocenters. The highest BCUT2D eigenvalue weighted by molar-refractivity contribution is 7.80. The van der Waals surface area contributed by atoms with Crippen LogP contribution in [0.15, 0.2) is 18.3 Å². The number of hydrogen-bond acceptors (Lipinski definition) is 4. The molecule has 1 saturated carbocycles. The maximum absolute atomic E-state index is 10.7. The lowest BCUT2D eigenvalue weighted by atomic mass is 9.71. The minimum Gasteiger partial charge on any atom is -0.389 e. The second-order valence-electron chi connectivity index (χ2n) is 6.01. The van der Waals surface area contributed by atoms with Gasteiger partial charge in [0.15, 0.2) is 0 Å². The van der Waals surface area contributed by atoms with Crippen LogP contribution in [0, 0.1) is 5.92 Å². The summed E-state index contributed by atoms with van der Waals surface area (Å²) in [6.07, 6.45) is 7.18. The number of piperidine rings is 1. The van der Waals surface area contributed by atoms with E-state index in [0.29, 0.717) is 16.6 Å². The highest BCUT2D eigenvalue weighted by atomic mass is 32.1. The van der Waals surface area contributed by atoms with Crippen molar-refractivity contribution in [2.75, 3.05) is 18.0 Å². The van der Waals surface area contributed by atoms with Gasteiger partial charge < -0.3 is 15.7 Å². The number of anilines is 1. The number of fused-ring (bicyclic) bond motifs is 1. The molecule has 1 aliphatic heterocycles. The largest absolute Gasteiger partial charge is 0.389 e. The van der Waals surface area contributed by atoms with Gasteiger partial charge in [-0.2, -0.15) is 0 Å². The molecule has 20 heavy (non-hydrogen) atoms. The molecule has 1 saturated heterocycles. The lowest BCUT2D eigenvalue weighted by molar-refractivity contribution is -0.0612. The SMILES string of the molecule is NC(=S)c1ccc(N2CCC3(O)CCCCC3C2)cn1. The van der Waals surface area contributed by atoms with Crippen molar-refractivity contribution in [1.29, 1.82) is 0 Å². The number of hydrogen-bond donors (Lipinski definition) is 2. The number of aromatic nitrogens is 1. The zero-order valence-electron chi connectivity index (χ0n) is 11.6. The summed E-state index contributed by atoms with van der Waals surface area (Å²) in [5.41, 5.74) is 6.90. The molecule has 2 aliphatic rings. The van der Waals surface area contributed by atoms with Gasteiger partial charge in [0.05, 0.1) is 23.2 Å². The summed E-state index contributed by atoms with van der Waals surface area (Å²) in [5.74, 6) is 0.389. The van der Waals surface area contributed by atoms with Gasteiger partial charge in [0.2, 0.25) is 0 Å². The zero-order chi connectivity index (χ0) is 14.2. The number of nitrogens with two attached hydrogens (primary N) is 1. The van der Waals surface area contributed by atoms with E-state index in [1.54, 1.807) is 0 Å². The van der Waals surface area contributed by atoms with Crippen LogP contribution in [0.5, 0.6) is 0 Å². The van der Waals surface area contributed by atoms with Crippen LogP contribution in [0.25, 0.3) is 0 Å². The standard InChI is InChI=1S/C15H21N3OS/c16-14(20)13-5-4-12(9-17-13)18-8-7-15(19)6-2-1-3-11(15)10-18/h4-5,9,11,19H,1-3,6-8,10H2,(H2,16,20). The second kappa shape index (κ2) is 5.30. The number of rotatable bonds is 2. The molecule has 5 heteroatoms. The van der Waals surface area contributed by atoms with Crippen LogP contribution in [0.4, 0.5) is 5.69 Å². The summed E-state index contributed by atoms with van der Waals surface area (Å²) in [6, 6.07) is 3.90. The third kappa shape index (κ3) is 2.52. The van der Waals surface area contributed by atoms with Crippen molar-refractivity contribution in [2.45, 2.75) is 37.7 Å². The summed E-state index contributed by atoms with van der Waals surface area (Å²) >= 11 is 4.92. The van der Waals surface area contributed by atoms with E-state index in [9.17, 15) is 5.11 Å². The van der Waals surface area contributed by atoms with Gasteiger partial charge in [-0.05, 0) is 31.4 Å². The van der Waals surface area contributed by atoms with Crippen LogP contribution in [0.2, 0.25) is 0 Å². The van der Waals surface area contributed by atoms with Gasteiger partial charge in [0, 0.05) is 19.0 Å². The molecular weight excluding hydrogens is 270 g/mol. The topological polar surface area (TPSA) is 62.4 Å². The number of nitrogens with zero attached hydrogens (tertiary/aromatic N) is 2. The molecule has 0 bridgehead atoms. The van der Waals surface area contributed by atoms with E-state index in [2.05, 4.69) is 9.88 Å². The summed E-state index contributed by atoms with van der Waals surface area (Å²) in [6.45, 7) is 1.81. The fraction of sp³-hybridized carbons (Fsp3) is 0.600. The van der Waals surface area contributed by atoms with E-state index in [0.717, 1.165) is 44.5 Å². The number of aliphatic hydroxyl groups is 1. The minimum atomic E-state index is -0.430. The van der Waals surface area contributed by atoms with Crippen molar-refractivity contribution < 1.29 is 5.11 Å². The van der Waals surface area contributed by atoms with Gasteiger partial charge in [-0.3, -0.25) is 4.98 Å². The number of pyridine rings is 1. The Morgan fingerprint density at radius 3 is 2.95 bits per heavy atom. The predicted molar refractivity (Wildman–Crippen MR) is 83.9 cm³/mol. The molecular formula is C15H21N3OS. The second-order valence-corrected chi connectivity index (χ2v) is 6.45. The highest BCUT2D eigenvalue weighted by Gasteiger charge is 2.42. The molecule has 2 unspecified atom stereocenters. The monoisotopic (exact) mass is 291 g/mol. The quantitative estimate of drug-likeness (QED) is 0.814. The Labute approximate surface area is 125 Å². The van der Waals surface area contributed by atoms with Crippen molar-refractivity contribution in [1.82, 2.24) is 4.98 Å². The molecule has 0 radical (unpaired) electrons. The molecule has 0 amide bonds. The van der Waals surface area contributed by atoms with Crippen molar-refractivity contribution in [2.24, 2.45) is 11.7 Å². The van der Waals surface area contributed by atoms with E-state index in [1.165, 1.54) is 6.42 Å². The Morgan fingerprint density at radius 2 is 2.25 bits per heavy atom. The molecule has 0 aromatic carbocycles. The Bertz CT molecular complexity index is 504. The summed E-state index contributed by atoms with van der Waals surface area (Å²) in [5, 5.41) is 10.7. The lowest BCUT2D eigenvalue weighted by Gasteiger charge is -2.48. The maximum Gasteiger partial charge on any atom is 0.122 e. The van der Waals surface area contributed by atoms with Gasteiger partial charge >= 0.3 is 0 Å². The third-order valence-corrected chi connectivity index (χ3v) is 5.00. The molecule has 3 rings (SSSR count). The van der Waals surface area contributed by atoms with Crippen LogP contribution in [-0.4, -0.2) is 33.8 Å². The average molecular weight is 291 g/mol. The maximum atomic E-state index is 10.7. The molecule has 1 aromatic heterocycles. The molecule has 1 aliphatic carbocycles. The van der Waals surface area contributed by atoms with E-state index in [1.807, 2.05) is 18.3 Å². The van der Waals surface area contributed by atoms with Crippen LogP contribution in [0.1, 0.15) is 37.8 Å². The normalized spacial score (nSPS) is 29.9. The molecule has 108 valence electrons. The van der Waals surface area contributed by atoms with Crippen molar-refractivity contribution in [3.05, 3.63) is 24.0 Å². The van der Waals surface area contributed by atoms with Crippen molar-refractivity contribution in [3.63, 3.8) is 0 Å². The van der Waals surface area contributed by atoms with E-state index >= 15 is 0 Å². The minimum absolute atomic E-state index is 0.330. The van der Waals surface area contributed by atoms with Gasteiger partial charge in [-0.25, -0.2) is 0 Å². The first-order valence-electron chi connectivity index (χ1n) is 7.32. The van der Waals surface area contributed by atoms with Crippen LogP contribution in [-0.2, 0) is 0 Å². The number of thiocarbonyl (C=S) groups is 1. The Hall–Kier alpha value is -1.20. The van der Waals surface area contributed by atoms with Crippen LogP contribution >= 0.6 is 12.2 Å². The van der Waals surface area contributed by atoms with E-state index in [-0.39, 0.29) is 0 Å². The first-order valence-corrected chi connectivity index (χ1v) is 7.72. The molecule has 2 heterocycles. The van der Waals surface area contributed by atoms with Crippen molar-refractivity contribution >= 4 is 22.9 Å². The molecule has 0 spiro atoms. The first-order chi connectivity index (χ1) is 9.58. The van der Waals surface area contributed by atoms with Crippen LogP contribution in [0.3, 0.4) is 0 Å². The fourth-order valence-electron chi connectivity index (χ4n) is 3.52. The molecule has 4 nitrogen and oxygen atoms in total. The van der Waals surface area contributed by atoms with E-state index < -0.39 is 5.60 Å². The summed E-state index contributed by atoms with van der Waals surface area (Å²) in [4.78, 5) is 6.96. The lowest BCUT2D eigenvalue weighted by Crippen LogP contribution is -2.53. The highest BCUT2D eigenvalue weighted by Crippen LogP contribution is 2.40. The van der Waals surface area contributed by atoms with Crippen molar-refractivity contribution in [3.8, 4) is 0 Å². The average Bonchev–Trinajstić information content (AvgIpc) is 2.46. The zero-order valence-corrected chi connectivity index (χ0v) is 12.4. The van der Waals surface area contributed by atoms with Gasteiger partial charge in [0.1, 0.15) is 4.99 Å². The Balaban J connectivity index is 1.74. The van der Waals surface area contributed by atoms with Gasteiger partial charge in [-0.1, -0.05) is 25.1 Å². The van der Waals surface area contributed by atoms with Gasteiger partial charge in [0.25, 0.3) is 0 Å². The van der Waals surface area contributed by atoms with Gasteiger partial charge in [-0.15, -0.1) is 0 Å². The summed E-state index contributed by atoms with van der Waals surface area (Å²) in [7, 11) is 0. The molecule has 2 fully saturated rings. The molecule has 1 aromatic rings. The Morgan fingerprint density at radius 1 is 1.40 bits per heavy atom. The Kier molecular flexibility index (Phi) is 3.65. The first kappa shape index (κ1) is 13.8. The third-order valence-electron chi connectivity index (χ3n) is 4.79. The molecule has 3 N–H and O–H groups in total. The summed E-state index contributed by atoms with van der Waals surface area (Å²) < 4.78 is 0.